The van der Waals surface area contributed by atoms with E-state index in [0.717, 1.165) is 31.2 Å². The number of hydrogen-bond acceptors (Lipinski definition) is 4. The van der Waals surface area contributed by atoms with Gasteiger partial charge < -0.3 is 15.2 Å². The minimum absolute atomic E-state index is 0.132. The van der Waals surface area contributed by atoms with Gasteiger partial charge in [0, 0.05) is 24.4 Å². The van der Waals surface area contributed by atoms with Crippen molar-refractivity contribution in [2.45, 2.75) is 38.4 Å². The van der Waals surface area contributed by atoms with Crippen LogP contribution in [0.15, 0.2) is 48.7 Å². The molecular weight excluding hydrogens is 316 g/mol. The summed E-state index contributed by atoms with van der Waals surface area (Å²) in [5, 5.41) is 12.7. The summed E-state index contributed by atoms with van der Waals surface area (Å²) < 4.78 is 5.67. The van der Waals surface area contributed by atoms with E-state index in [1.807, 2.05) is 30.3 Å². The van der Waals surface area contributed by atoms with E-state index in [0.29, 0.717) is 30.5 Å². The van der Waals surface area contributed by atoms with Crippen LogP contribution in [0.25, 0.3) is 0 Å². The summed E-state index contributed by atoms with van der Waals surface area (Å²) in [6.45, 7) is 1.01. The second kappa shape index (κ2) is 8.62. The lowest BCUT2D eigenvalue weighted by molar-refractivity contribution is 0.0873. The Balaban J connectivity index is 1.52. The Morgan fingerprint density at radius 3 is 2.88 bits per heavy atom. The number of rotatable bonds is 6. The van der Waals surface area contributed by atoms with E-state index >= 15 is 0 Å². The lowest BCUT2D eigenvalue weighted by Gasteiger charge is -2.25. The van der Waals surface area contributed by atoms with Gasteiger partial charge in [-0.2, -0.15) is 0 Å². The van der Waals surface area contributed by atoms with Crippen LogP contribution < -0.4 is 10.1 Å². The van der Waals surface area contributed by atoms with Gasteiger partial charge in [0.25, 0.3) is 5.91 Å². The van der Waals surface area contributed by atoms with Crippen LogP contribution in [0.2, 0.25) is 0 Å². The highest BCUT2D eigenvalue weighted by Gasteiger charge is 2.20. The van der Waals surface area contributed by atoms with E-state index in [1.165, 1.54) is 0 Å². The minimum Gasteiger partial charge on any atom is -0.473 e. The zero-order chi connectivity index (χ0) is 17.5. The van der Waals surface area contributed by atoms with Crippen molar-refractivity contribution < 1.29 is 14.6 Å². The molecule has 1 fully saturated rings. The summed E-state index contributed by atoms with van der Waals surface area (Å²) in [5.74, 6) is 0.653. The Kier molecular flexibility index (Phi) is 6.01. The Morgan fingerprint density at radius 1 is 1.24 bits per heavy atom. The van der Waals surface area contributed by atoms with Crippen LogP contribution in [0, 0.1) is 5.92 Å². The number of hydrogen-bond donors (Lipinski definition) is 2. The van der Waals surface area contributed by atoms with Crippen molar-refractivity contribution >= 4 is 5.91 Å². The first-order valence-electron chi connectivity index (χ1n) is 8.80. The van der Waals surface area contributed by atoms with Crippen molar-refractivity contribution in [3.8, 4) is 5.88 Å². The third-order valence-electron chi connectivity index (χ3n) is 4.53. The van der Waals surface area contributed by atoms with Crippen LogP contribution in [-0.2, 0) is 6.61 Å². The molecule has 2 unspecified atom stereocenters. The van der Waals surface area contributed by atoms with Gasteiger partial charge in [-0.1, -0.05) is 36.8 Å². The van der Waals surface area contributed by atoms with Gasteiger partial charge in [0.05, 0.1) is 6.10 Å². The summed E-state index contributed by atoms with van der Waals surface area (Å²) in [7, 11) is 0. The average Bonchev–Trinajstić information content (AvgIpc) is 2.65. The highest BCUT2D eigenvalue weighted by atomic mass is 16.5. The van der Waals surface area contributed by atoms with Crippen LogP contribution in [0.3, 0.4) is 0 Å². The zero-order valence-corrected chi connectivity index (χ0v) is 14.2. The van der Waals surface area contributed by atoms with Gasteiger partial charge >= 0.3 is 0 Å². The molecule has 0 saturated heterocycles. The van der Waals surface area contributed by atoms with E-state index in [4.69, 9.17) is 4.74 Å². The molecule has 2 N–H and O–H groups in total. The molecule has 1 aromatic carbocycles. The minimum atomic E-state index is -0.227. The van der Waals surface area contributed by atoms with Crippen LogP contribution in [0.1, 0.15) is 41.6 Å². The van der Waals surface area contributed by atoms with Crippen molar-refractivity contribution in [2.75, 3.05) is 6.54 Å². The number of ether oxygens (including phenoxy) is 1. The quantitative estimate of drug-likeness (QED) is 0.848. The maximum Gasteiger partial charge on any atom is 0.251 e. The van der Waals surface area contributed by atoms with Crippen molar-refractivity contribution in [1.29, 1.82) is 0 Å². The number of pyridine rings is 1. The number of aliphatic hydroxyl groups excluding tert-OH is 1. The SMILES string of the molecule is O=C(NCC1CCCC(O)C1)c1ccnc(OCc2ccccc2)c1. The molecule has 1 aliphatic carbocycles. The van der Waals surface area contributed by atoms with E-state index in [9.17, 15) is 9.90 Å². The molecular formula is C20H24N2O3. The summed E-state index contributed by atoms with van der Waals surface area (Å²) in [4.78, 5) is 16.5. The number of benzene rings is 1. The predicted molar refractivity (Wildman–Crippen MR) is 95.3 cm³/mol. The molecule has 5 heteroatoms. The third kappa shape index (κ3) is 5.29. The van der Waals surface area contributed by atoms with Gasteiger partial charge in [-0.05, 0) is 36.8 Å². The number of nitrogens with zero attached hydrogens (tertiary/aromatic N) is 1. The second-order valence-electron chi connectivity index (χ2n) is 6.55. The molecule has 0 bridgehead atoms. The number of carbonyl (C=O) groups excluding carboxylic acids is 1. The van der Waals surface area contributed by atoms with Gasteiger partial charge in [0.2, 0.25) is 5.88 Å². The molecule has 2 atom stereocenters. The second-order valence-corrected chi connectivity index (χ2v) is 6.55. The molecule has 1 amide bonds. The Bertz CT molecular complexity index is 690. The summed E-state index contributed by atoms with van der Waals surface area (Å²) >= 11 is 0. The lowest BCUT2D eigenvalue weighted by atomic mass is 9.87. The van der Waals surface area contributed by atoms with E-state index in [-0.39, 0.29) is 12.0 Å². The van der Waals surface area contributed by atoms with E-state index in [1.54, 1.807) is 18.3 Å². The fourth-order valence-corrected chi connectivity index (χ4v) is 3.15. The molecule has 2 aromatic rings. The number of nitrogens with one attached hydrogen (secondary N) is 1. The highest BCUT2D eigenvalue weighted by molar-refractivity contribution is 5.94. The van der Waals surface area contributed by atoms with Crippen molar-refractivity contribution in [3.63, 3.8) is 0 Å². The normalized spacial score (nSPS) is 20.0. The fraction of sp³-hybridized carbons (Fsp3) is 0.400. The molecule has 25 heavy (non-hydrogen) atoms. The molecule has 0 radical (unpaired) electrons. The summed E-state index contributed by atoms with van der Waals surface area (Å²) in [6.07, 6.45) is 5.07. The zero-order valence-electron chi connectivity index (χ0n) is 14.2. The Hall–Kier alpha value is -2.40. The van der Waals surface area contributed by atoms with Gasteiger partial charge in [-0.3, -0.25) is 4.79 Å². The number of aliphatic hydroxyl groups is 1. The Morgan fingerprint density at radius 2 is 2.08 bits per heavy atom. The van der Waals surface area contributed by atoms with Gasteiger partial charge in [0.1, 0.15) is 6.61 Å². The maximum atomic E-state index is 12.3. The lowest BCUT2D eigenvalue weighted by Crippen LogP contribution is -2.33. The predicted octanol–water partition coefficient (Wildman–Crippen LogP) is 2.94. The molecule has 1 aliphatic rings. The molecule has 132 valence electrons. The maximum absolute atomic E-state index is 12.3. The van der Waals surface area contributed by atoms with Gasteiger partial charge in [-0.25, -0.2) is 4.98 Å². The fourth-order valence-electron chi connectivity index (χ4n) is 3.15. The first-order chi connectivity index (χ1) is 12.2. The van der Waals surface area contributed by atoms with Crippen molar-refractivity contribution in [1.82, 2.24) is 10.3 Å². The van der Waals surface area contributed by atoms with Crippen LogP contribution >= 0.6 is 0 Å². The van der Waals surface area contributed by atoms with E-state index in [2.05, 4.69) is 10.3 Å². The van der Waals surface area contributed by atoms with Gasteiger partial charge in [0.15, 0.2) is 0 Å². The molecule has 5 nitrogen and oxygen atoms in total. The number of amides is 1. The average molecular weight is 340 g/mol. The Labute approximate surface area is 148 Å². The van der Waals surface area contributed by atoms with Gasteiger partial charge in [-0.15, -0.1) is 0 Å². The summed E-state index contributed by atoms with van der Waals surface area (Å²) in [6, 6.07) is 13.2. The highest BCUT2D eigenvalue weighted by Crippen LogP contribution is 2.23. The standard InChI is InChI=1S/C20H24N2O3/c23-18-8-4-7-16(11-18)13-22-20(24)17-9-10-21-19(12-17)25-14-15-5-2-1-3-6-15/h1-3,5-6,9-10,12,16,18,23H,4,7-8,11,13-14H2,(H,22,24). The topological polar surface area (TPSA) is 71.5 Å². The first-order valence-corrected chi connectivity index (χ1v) is 8.80. The monoisotopic (exact) mass is 340 g/mol. The molecule has 3 rings (SSSR count). The van der Waals surface area contributed by atoms with Crippen molar-refractivity contribution in [2.24, 2.45) is 5.92 Å². The van der Waals surface area contributed by atoms with E-state index < -0.39 is 0 Å². The molecule has 0 aliphatic heterocycles. The molecule has 1 saturated carbocycles. The van der Waals surface area contributed by atoms with Crippen LogP contribution in [0.4, 0.5) is 0 Å². The third-order valence-corrected chi connectivity index (χ3v) is 4.53. The van der Waals surface area contributed by atoms with Crippen molar-refractivity contribution in [3.05, 3.63) is 59.8 Å². The molecule has 0 spiro atoms. The first kappa shape index (κ1) is 17.4. The molecule has 1 aromatic heterocycles. The smallest absolute Gasteiger partial charge is 0.251 e. The molecule has 1 heterocycles. The van der Waals surface area contributed by atoms with Crippen LogP contribution in [0.5, 0.6) is 5.88 Å². The largest absolute Gasteiger partial charge is 0.473 e. The number of aromatic nitrogens is 1. The summed E-state index contributed by atoms with van der Waals surface area (Å²) in [5.41, 5.74) is 1.59. The number of carbonyl (C=O) groups is 1. The van der Waals surface area contributed by atoms with Crippen LogP contribution in [-0.4, -0.2) is 28.6 Å².